The van der Waals surface area contributed by atoms with Gasteiger partial charge in [0.15, 0.2) is 0 Å². The molecule has 3 nitrogen and oxygen atoms in total. The molecule has 0 aliphatic carbocycles. The lowest BCUT2D eigenvalue weighted by Gasteiger charge is -2.14. The molecule has 3 aromatic carbocycles. The van der Waals surface area contributed by atoms with E-state index in [0.717, 1.165) is 49.0 Å². The second-order valence-corrected chi connectivity index (χ2v) is 13.1. The Morgan fingerprint density at radius 2 is 1.04 bits per heavy atom. The van der Waals surface area contributed by atoms with E-state index in [0.29, 0.717) is 11.3 Å². The number of carbonyl (C=O) groups is 1. The van der Waals surface area contributed by atoms with Gasteiger partial charge in [0.2, 0.25) is 0 Å². The van der Waals surface area contributed by atoms with Crippen LogP contribution in [0.15, 0.2) is 72.8 Å². The first-order chi connectivity index (χ1) is 22.6. The summed E-state index contributed by atoms with van der Waals surface area (Å²) in [5.41, 5.74) is 5.04. The summed E-state index contributed by atoms with van der Waals surface area (Å²) in [6.45, 7) is 7.42. The first-order valence-electron chi connectivity index (χ1n) is 18.7. The second kappa shape index (κ2) is 23.4. The SMILES string of the molecule is CCCCCCCCCCCCCCCCCCOC(C)c1ccc(-c2ccc(C(=O)Oc3ccccc3CCCC)cc2)cc1. The Bertz CT molecular complexity index is 1200. The van der Waals surface area contributed by atoms with Crippen molar-refractivity contribution in [1.82, 2.24) is 0 Å². The van der Waals surface area contributed by atoms with Gasteiger partial charge in [0.25, 0.3) is 0 Å². The van der Waals surface area contributed by atoms with Crippen molar-refractivity contribution in [1.29, 1.82) is 0 Å². The largest absolute Gasteiger partial charge is 0.423 e. The summed E-state index contributed by atoms with van der Waals surface area (Å²) in [5, 5.41) is 0. The van der Waals surface area contributed by atoms with E-state index in [1.807, 2.05) is 48.5 Å². The van der Waals surface area contributed by atoms with Crippen LogP contribution in [0.4, 0.5) is 0 Å². The number of hydrogen-bond donors (Lipinski definition) is 0. The molecule has 0 saturated carbocycles. The summed E-state index contributed by atoms with van der Waals surface area (Å²) in [7, 11) is 0. The fraction of sp³-hybridized carbons (Fsp3) is 0.558. The average molecular weight is 627 g/mol. The molecule has 0 saturated heterocycles. The van der Waals surface area contributed by atoms with Crippen LogP contribution in [0.2, 0.25) is 0 Å². The van der Waals surface area contributed by atoms with E-state index in [1.54, 1.807) is 0 Å². The van der Waals surface area contributed by atoms with Crippen molar-refractivity contribution in [2.45, 2.75) is 149 Å². The van der Waals surface area contributed by atoms with E-state index >= 15 is 0 Å². The molecule has 0 N–H and O–H groups in total. The van der Waals surface area contributed by atoms with Crippen LogP contribution < -0.4 is 4.74 Å². The van der Waals surface area contributed by atoms with Crippen LogP contribution in [0.5, 0.6) is 5.75 Å². The van der Waals surface area contributed by atoms with Crippen molar-refractivity contribution in [3.05, 3.63) is 89.5 Å². The number of esters is 1. The van der Waals surface area contributed by atoms with Crippen molar-refractivity contribution in [2.75, 3.05) is 6.61 Å². The van der Waals surface area contributed by atoms with Crippen LogP contribution in [0.1, 0.15) is 164 Å². The standard InChI is InChI=1S/C43H62O3/c1-4-6-8-9-10-11-12-13-14-15-16-17-18-19-20-23-35-45-36(3)37-27-29-38(30-28-37)39-31-33-41(34-32-39)43(44)46-42-26-22-21-25-40(42)24-7-5-2/h21-22,25-34,36H,4-20,23-24,35H2,1-3H3. The van der Waals surface area contributed by atoms with Crippen LogP contribution in [0, 0.1) is 0 Å². The second-order valence-electron chi connectivity index (χ2n) is 13.1. The Balaban J connectivity index is 1.26. The Hall–Kier alpha value is -2.91. The number of carbonyl (C=O) groups excluding carboxylic acids is 1. The summed E-state index contributed by atoms with van der Waals surface area (Å²) >= 11 is 0. The molecule has 3 rings (SSSR count). The van der Waals surface area contributed by atoms with Crippen molar-refractivity contribution in [3.8, 4) is 16.9 Å². The first kappa shape index (κ1) is 37.5. The van der Waals surface area contributed by atoms with E-state index in [9.17, 15) is 4.79 Å². The minimum absolute atomic E-state index is 0.0859. The number of rotatable bonds is 25. The highest BCUT2D eigenvalue weighted by molar-refractivity contribution is 5.91. The van der Waals surface area contributed by atoms with E-state index in [4.69, 9.17) is 9.47 Å². The van der Waals surface area contributed by atoms with Gasteiger partial charge in [-0.25, -0.2) is 4.79 Å². The maximum atomic E-state index is 12.8. The Morgan fingerprint density at radius 3 is 1.59 bits per heavy atom. The summed E-state index contributed by atoms with van der Waals surface area (Å²) in [6.07, 6.45) is 25.3. The Labute approximate surface area is 281 Å². The molecule has 0 fully saturated rings. The van der Waals surface area contributed by atoms with E-state index in [1.165, 1.54) is 102 Å². The van der Waals surface area contributed by atoms with Crippen LogP contribution >= 0.6 is 0 Å². The molecule has 0 aromatic heterocycles. The average Bonchev–Trinajstić information content (AvgIpc) is 3.09. The lowest BCUT2D eigenvalue weighted by atomic mass is 10.0. The van der Waals surface area contributed by atoms with E-state index in [2.05, 4.69) is 45.0 Å². The zero-order valence-electron chi connectivity index (χ0n) is 29.4. The number of hydrogen-bond acceptors (Lipinski definition) is 3. The highest BCUT2D eigenvalue weighted by Crippen LogP contribution is 2.26. The molecular weight excluding hydrogens is 564 g/mol. The zero-order valence-corrected chi connectivity index (χ0v) is 29.4. The molecule has 0 aliphatic heterocycles. The third kappa shape index (κ3) is 14.7. The monoisotopic (exact) mass is 626 g/mol. The highest BCUT2D eigenvalue weighted by atomic mass is 16.5. The lowest BCUT2D eigenvalue weighted by molar-refractivity contribution is 0.0627. The molecule has 0 spiro atoms. The van der Waals surface area contributed by atoms with Gasteiger partial charge in [-0.05, 0) is 66.6 Å². The van der Waals surface area contributed by atoms with Gasteiger partial charge < -0.3 is 9.47 Å². The fourth-order valence-corrected chi connectivity index (χ4v) is 6.09. The molecule has 0 amide bonds. The molecule has 1 atom stereocenters. The van der Waals surface area contributed by atoms with Crippen LogP contribution in [-0.4, -0.2) is 12.6 Å². The minimum atomic E-state index is -0.318. The van der Waals surface area contributed by atoms with Gasteiger partial charge in [-0.2, -0.15) is 0 Å². The molecule has 0 bridgehead atoms. The van der Waals surface area contributed by atoms with Crippen LogP contribution in [0.25, 0.3) is 11.1 Å². The third-order valence-corrected chi connectivity index (χ3v) is 9.17. The van der Waals surface area contributed by atoms with Crippen LogP contribution in [0.3, 0.4) is 0 Å². The number of ether oxygens (including phenoxy) is 2. The number of unbranched alkanes of at least 4 members (excludes halogenated alkanes) is 16. The molecule has 1 unspecified atom stereocenters. The molecule has 0 heterocycles. The molecule has 3 heteroatoms. The fourth-order valence-electron chi connectivity index (χ4n) is 6.09. The number of aryl methyl sites for hydroxylation is 1. The minimum Gasteiger partial charge on any atom is -0.423 e. The molecule has 0 aliphatic rings. The summed E-state index contributed by atoms with van der Waals surface area (Å²) in [6, 6.07) is 24.1. The third-order valence-electron chi connectivity index (χ3n) is 9.17. The Kier molecular flexibility index (Phi) is 19.1. The van der Waals surface area contributed by atoms with Gasteiger partial charge >= 0.3 is 5.97 Å². The predicted molar refractivity (Wildman–Crippen MR) is 196 cm³/mol. The van der Waals surface area contributed by atoms with E-state index < -0.39 is 0 Å². The van der Waals surface area contributed by atoms with Crippen molar-refractivity contribution < 1.29 is 14.3 Å². The summed E-state index contributed by atoms with van der Waals surface area (Å²) < 4.78 is 11.9. The van der Waals surface area contributed by atoms with Gasteiger partial charge in [-0.3, -0.25) is 0 Å². The molecule has 3 aromatic rings. The number of benzene rings is 3. The maximum absolute atomic E-state index is 12.8. The Morgan fingerprint density at radius 1 is 0.565 bits per heavy atom. The smallest absolute Gasteiger partial charge is 0.343 e. The lowest BCUT2D eigenvalue weighted by Crippen LogP contribution is -2.09. The molecular formula is C43H62O3. The van der Waals surface area contributed by atoms with Gasteiger partial charge in [0.1, 0.15) is 5.75 Å². The quantitative estimate of drug-likeness (QED) is 0.0533. The molecule has 252 valence electrons. The van der Waals surface area contributed by atoms with Gasteiger partial charge in [0.05, 0.1) is 11.7 Å². The zero-order chi connectivity index (χ0) is 32.7. The summed E-state index contributed by atoms with van der Waals surface area (Å²) in [4.78, 5) is 12.8. The predicted octanol–water partition coefficient (Wildman–Crippen LogP) is 13.3. The summed E-state index contributed by atoms with van der Waals surface area (Å²) in [5.74, 6) is 0.341. The van der Waals surface area contributed by atoms with Gasteiger partial charge in [-0.1, -0.05) is 171 Å². The molecule has 0 radical (unpaired) electrons. The van der Waals surface area contributed by atoms with Crippen molar-refractivity contribution >= 4 is 5.97 Å². The normalized spacial score (nSPS) is 11.9. The number of para-hydroxylation sites is 1. The maximum Gasteiger partial charge on any atom is 0.343 e. The van der Waals surface area contributed by atoms with Crippen molar-refractivity contribution in [2.24, 2.45) is 0 Å². The molecule has 46 heavy (non-hydrogen) atoms. The van der Waals surface area contributed by atoms with Crippen LogP contribution in [-0.2, 0) is 11.2 Å². The first-order valence-corrected chi connectivity index (χ1v) is 18.7. The topological polar surface area (TPSA) is 35.5 Å². The van der Waals surface area contributed by atoms with E-state index in [-0.39, 0.29) is 12.1 Å². The van der Waals surface area contributed by atoms with Crippen molar-refractivity contribution in [3.63, 3.8) is 0 Å². The van der Waals surface area contributed by atoms with Gasteiger partial charge in [-0.15, -0.1) is 0 Å². The van der Waals surface area contributed by atoms with Gasteiger partial charge in [0, 0.05) is 6.61 Å². The highest BCUT2D eigenvalue weighted by Gasteiger charge is 2.12.